The number of carbonyl (C=O) groups excluding carboxylic acids is 3. The van der Waals surface area contributed by atoms with Gasteiger partial charge in [0, 0.05) is 29.1 Å². The highest BCUT2D eigenvalue weighted by Crippen LogP contribution is 2.16. The number of rotatable bonds is 4. The number of nitrogens with zero attached hydrogens (tertiary/aromatic N) is 1. The van der Waals surface area contributed by atoms with Gasteiger partial charge < -0.3 is 10.6 Å². The van der Waals surface area contributed by atoms with E-state index < -0.39 is 16.7 Å². The van der Waals surface area contributed by atoms with Crippen LogP contribution in [0.4, 0.5) is 17.1 Å². The Bertz CT molecular complexity index is 815. The number of hydrogen-bond acceptors (Lipinski definition) is 5. The second-order valence-corrected chi connectivity index (χ2v) is 4.85. The van der Waals surface area contributed by atoms with Gasteiger partial charge in [-0.15, -0.1) is 0 Å². The zero-order valence-electron chi connectivity index (χ0n) is 12.6. The summed E-state index contributed by atoms with van der Waals surface area (Å²) >= 11 is 0. The number of non-ortho nitro benzene ring substituents is 1. The SMILES string of the molecule is CC(=O)c1cccc(NC(=O)C(=O)Nc2ccc([N+](=O)[O-])cc2)c1. The number of Topliss-reactive ketones (excluding diaryl/α,β-unsaturated/α-hetero) is 1. The molecule has 0 fully saturated rings. The molecule has 0 saturated carbocycles. The lowest BCUT2D eigenvalue weighted by Crippen LogP contribution is -2.29. The number of nitro benzene ring substituents is 1. The van der Waals surface area contributed by atoms with Gasteiger partial charge in [-0.1, -0.05) is 12.1 Å². The van der Waals surface area contributed by atoms with Crippen molar-refractivity contribution in [2.24, 2.45) is 0 Å². The Balaban J connectivity index is 2.02. The van der Waals surface area contributed by atoms with Crippen molar-refractivity contribution in [3.63, 3.8) is 0 Å². The number of carbonyl (C=O) groups is 3. The van der Waals surface area contributed by atoms with Crippen molar-refractivity contribution in [1.82, 2.24) is 0 Å². The highest BCUT2D eigenvalue weighted by Gasteiger charge is 2.15. The van der Waals surface area contributed by atoms with Crippen LogP contribution in [0.3, 0.4) is 0 Å². The predicted molar refractivity (Wildman–Crippen MR) is 86.8 cm³/mol. The fourth-order valence-corrected chi connectivity index (χ4v) is 1.86. The summed E-state index contributed by atoms with van der Waals surface area (Å²) in [7, 11) is 0. The van der Waals surface area contributed by atoms with Crippen LogP contribution in [0, 0.1) is 10.1 Å². The summed E-state index contributed by atoms with van der Waals surface area (Å²) in [4.78, 5) is 45.0. The Morgan fingerprint density at radius 1 is 0.917 bits per heavy atom. The summed E-state index contributed by atoms with van der Waals surface area (Å²) < 4.78 is 0. The van der Waals surface area contributed by atoms with Gasteiger partial charge in [-0.05, 0) is 31.2 Å². The Labute approximate surface area is 136 Å². The Kier molecular flexibility index (Phi) is 5.00. The first-order chi connectivity index (χ1) is 11.4. The van der Waals surface area contributed by atoms with Gasteiger partial charge in [0.1, 0.15) is 0 Å². The van der Waals surface area contributed by atoms with E-state index in [1.165, 1.54) is 37.3 Å². The summed E-state index contributed by atoms with van der Waals surface area (Å²) in [6.45, 7) is 1.39. The van der Waals surface area contributed by atoms with E-state index >= 15 is 0 Å². The van der Waals surface area contributed by atoms with Crippen LogP contribution in [0.15, 0.2) is 48.5 Å². The highest BCUT2D eigenvalue weighted by molar-refractivity contribution is 6.43. The average molecular weight is 327 g/mol. The van der Waals surface area contributed by atoms with Crippen LogP contribution in [-0.4, -0.2) is 22.5 Å². The molecule has 0 atom stereocenters. The Morgan fingerprint density at radius 2 is 1.50 bits per heavy atom. The van der Waals surface area contributed by atoms with Crippen molar-refractivity contribution in [2.75, 3.05) is 10.6 Å². The maximum Gasteiger partial charge on any atom is 0.314 e. The van der Waals surface area contributed by atoms with Gasteiger partial charge in [0.15, 0.2) is 5.78 Å². The number of nitro groups is 1. The number of benzene rings is 2. The third-order valence-corrected chi connectivity index (χ3v) is 3.07. The lowest BCUT2D eigenvalue weighted by atomic mass is 10.1. The summed E-state index contributed by atoms with van der Waals surface area (Å²) in [5.41, 5.74) is 0.840. The molecule has 0 spiro atoms. The topological polar surface area (TPSA) is 118 Å². The molecule has 8 heteroatoms. The van der Waals surface area contributed by atoms with Gasteiger partial charge in [0.2, 0.25) is 0 Å². The molecule has 0 saturated heterocycles. The second-order valence-electron chi connectivity index (χ2n) is 4.85. The number of anilines is 2. The molecule has 2 rings (SSSR count). The maximum atomic E-state index is 11.9. The van der Waals surface area contributed by atoms with Gasteiger partial charge in [0.25, 0.3) is 5.69 Å². The molecular formula is C16H13N3O5. The van der Waals surface area contributed by atoms with Crippen molar-refractivity contribution in [3.8, 4) is 0 Å². The van der Waals surface area contributed by atoms with Crippen LogP contribution < -0.4 is 10.6 Å². The minimum Gasteiger partial charge on any atom is -0.318 e. The average Bonchev–Trinajstić information content (AvgIpc) is 2.55. The molecule has 0 heterocycles. The van der Waals surface area contributed by atoms with Crippen LogP contribution in [0.2, 0.25) is 0 Å². The summed E-state index contributed by atoms with van der Waals surface area (Å²) in [5.74, 6) is -2.02. The number of ketones is 1. The molecule has 2 N–H and O–H groups in total. The van der Waals surface area contributed by atoms with Gasteiger partial charge in [-0.2, -0.15) is 0 Å². The monoisotopic (exact) mass is 327 g/mol. The van der Waals surface area contributed by atoms with Crippen LogP contribution >= 0.6 is 0 Å². The van der Waals surface area contributed by atoms with Crippen molar-refractivity contribution < 1.29 is 19.3 Å². The van der Waals surface area contributed by atoms with E-state index in [1.54, 1.807) is 18.2 Å². The second kappa shape index (κ2) is 7.14. The molecule has 8 nitrogen and oxygen atoms in total. The summed E-state index contributed by atoms with van der Waals surface area (Å²) in [6.07, 6.45) is 0. The van der Waals surface area contributed by atoms with Crippen LogP contribution in [0.1, 0.15) is 17.3 Å². The summed E-state index contributed by atoms with van der Waals surface area (Å²) in [6, 6.07) is 11.2. The van der Waals surface area contributed by atoms with E-state index in [0.29, 0.717) is 11.3 Å². The van der Waals surface area contributed by atoms with Gasteiger partial charge in [0.05, 0.1) is 4.92 Å². The molecule has 0 aliphatic heterocycles. The van der Waals surface area contributed by atoms with Crippen LogP contribution in [0.25, 0.3) is 0 Å². The maximum absolute atomic E-state index is 11.9. The smallest absolute Gasteiger partial charge is 0.314 e. The van der Waals surface area contributed by atoms with E-state index in [1.807, 2.05) is 0 Å². The molecule has 0 aromatic heterocycles. The molecule has 0 aliphatic rings. The van der Waals surface area contributed by atoms with Gasteiger partial charge in [-0.25, -0.2) is 0 Å². The molecule has 0 radical (unpaired) electrons. The van der Waals surface area contributed by atoms with Crippen molar-refractivity contribution >= 4 is 34.7 Å². The lowest BCUT2D eigenvalue weighted by Gasteiger charge is -2.07. The zero-order valence-corrected chi connectivity index (χ0v) is 12.6. The van der Waals surface area contributed by atoms with E-state index in [9.17, 15) is 24.5 Å². The quantitative estimate of drug-likeness (QED) is 0.387. The van der Waals surface area contributed by atoms with Crippen molar-refractivity contribution in [3.05, 3.63) is 64.2 Å². The fraction of sp³-hybridized carbons (Fsp3) is 0.0625. The molecule has 122 valence electrons. The Morgan fingerprint density at radius 3 is 2.04 bits per heavy atom. The Hall–Kier alpha value is -3.55. The van der Waals surface area contributed by atoms with Crippen molar-refractivity contribution in [1.29, 1.82) is 0 Å². The fourth-order valence-electron chi connectivity index (χ4n) is 1.86. The highest BCUT2D eigenvalue weighted by atomic mass is 16.6. The molecule has 2 aromatic carbocycles. The molecule has 0 bridgehead atoms. The van der Waals surface area contributed by atoms with Gasteiger partial charge >= 0.3 is 11.8 Å². The minimum absolute atomic E-state index is 0.126. The largest absolute Gasteiger partial charge is 0.318 e. The third-order valence-electron chi connectivity index (χ3n) is 3.07. The minimum atomic E-state index is -0.933. The summed E-state index contributed by atoms with van der Waals surface area (Å²) in [5, 5.41) is 15.3. The number of amides is 2. The van der Waals surface area contributed by atoms with Gasteiger partial charge in [-0.3, -0.25) is 24.5 Å². The standard InChI is InChI=1S/C16H13N3O5/c1-10(20)11-3-2-4-13(9-11)18-16(22)15(21)17-12-5-7-14(8-6-12)19(23)24/h2-9H,1H3,(H,17,21)(H,18,22). The molecule has 0 unspecified atom stereocenters. The lowest BCUT2D eigenvalue weighted by molar-refractivity contribution is -0.384. The first-order valence-corrected chi connectivity index (χ1v) is 6.84. The zero-order chi connectivity index (χ0) is 17.7. The van der Waals surface area contributed by atoms with Crippen LogP contribution in [-0.2, 0) is 9.59 Å². The van der Waals surface area contributed by atoms with E-state index in [0.717, 1.165) is 0 Å². The molecule has 2 aromatic rings. The first-order valence-electron chi connectivity index (χ1n) is 6.84. The van der Waals surface area contributed by atoms with E-state index in [2.05, 4.69) is 10.6 Å². The molecular weight excluding hydrogens is 314 g/mol. The van der Waals surface area contributed by atoms with E-state index in [4.69, 9.17) is 0 Å². The molecule has 0 aliphatic carbocycles. The number of hydrogen-bond donors (Lipinski definition) is 2. The molecule has 2 amide bonds. The predicted octanol–water partition coefficient (Wildman–Crippen LogP) is 2.37. The number of nitrogens with one attached hydrogen (secondary N) is 2. The van der Waals surface area contributed by atoms with Crippen LogP contribution in [0.5, 0.6) is 0 Å². The first kappa shape index (κ1) is 16.8. The van der Waals surface area contributed by atoms with E-state index in [-0.39, 0.29) is 17.2 Å². The normalized spacial score (nSPS) is 9.88. The third kappa shape index (κ3) is 4.23. The molecule has 24 heavy (non-hydrogen) atoms. The van der Waals surface area contributed by atoms with Crippen molar-refractivity contribution in [2.45, 2.75) is 6.92 Å².